The number of rotatable bonds is 9. The minimum atomic E-state index is -0.298. The van der Waals surface area contributed by atoms with Gasteiger partial charge in [-0.1, -0.05) is 30.3 Å². The van der Waals surface area contributed by atoms with Crippen LogP contribution in [-0.4, -0.2) is 41.2 Å². The van der Waals surface area contributed by atoms with E-state index in [2.05, 4.69) is 37.7 Å². The van der Waals surface area contributed by atoms with Crippen LogP contribution in [0.25, 0.3) is 22.4 Å². The lowest BCUT2D eigenvalue weighted by atomic mass is 10.1. The summed E-state index contributed by atoms with van der Waals surface area (Å²) in [5, 5.41) is 5.77. The number of hydrogen-bond donors (Lipinski definition) is 2. The first-order valence-corrected chi connectivity index (χ1v) is 11.5. The third kappa shape index (κ3) is 6.23. The van der Waals surface area contributed by atoms with Crippen molar-refractivity contribution in [1.82, 2.24) is 20.3 Å². The van der Waals surface area contributed by atoms with E-state index < -0.39 is 0 Å². The summed E-state index contributed by atoms with van der Waals surface area (Å²) in [7, 11) is 3.18. The molecule has 0 bridgehead atoms. The Morgan fingerprint density at radius 2 is 1.77 bits per heavy atom. The van der Waals surface area contributed by atoms with Gasteiger partial charge in [-0.05, 0) is 62.1 Å². The number of pyridine rings is 1. The Kier molecular flexibility index (Phi) is 7.72. The van der Waals surface area contributed by atoms with Gasteiger partial charge in [0.05, 0.1) is 26.1 Å². The van der Waals surface area contributed by atoms with Gasteiger partial charge in [0, 0.05) is 11.6 Å². The highest BCUT2D eigenvalue weighted by Crippen LogP contribution is 2.31. The molecule has 0 aliphatic heterocycles. The van der Waals surface area contributed by atoms with Crippen molar-refractivity contribution in [2.45, 2.75) is 32.2 Å². The van der Waals surface area contributed by atoms with Crippen molar-refractivity contribution in [2.75, 3.05) is 19.5 Å². The molecule has 2 aromatic carbocycles. The van der Waals surface area contributed by atoms with Crippen LogP contribution in [0.4, 0.5) is 10.6 Å². The number of urea groups is 1. The number of ether oxygens (including phenoxy) is 2. The van der Waals surface area contributed by atoms with E-state index in [0.717, 1.165) is 24.8 Å². The van der Waals surface area contributed by atoms with Crippen LogP contribution < -0.4 is 20.1 Å². The normalized spacial score (nSPS) is 11.6. The summed E-state index contributed by atoms with van der Waals surface area (Å²) < 4.78 is 10.7. The number of nitrogens with zero attached hydrogens (tertiary/aromatic N) is 3. The van der Waals surface area contributed by atoms with Gasteiger partial charge in [0.15, 0.2) is 17.1 Å². The van der Waals surface area contributed by atoms with Crippen LogP contribution in [0.3, 0.4) is 0 Å². The summed E-state index contributed by atoms with van der Waals surface area (Å²) in [5.41, 5.74) is 3.83. The van der Waals surface area contributed by atoms with E-state index in [1.54, 1.807) is 32.5 Å². The number of anilines is 1. The average molecular weight is 472 g/mol. The Balaban J connectivity index is 1.39. The molecule has 2 aromatic heterocycles. The molecule has 0 spiro atoms. The van der Waals surface area contributed by atoms with Gasteiger partial charge in [-0.25, -0.2) is 14.8 Å². The number of benzene rings is 2. The Morgan fingerprint density at radius 1 is 0.971 bits per heavy atom. The van der Waals surface area contributed by atoms with Gasteiger partial charge in [-0.15, -0.1) is 0 Å². The fourth-order valence-electron chi connectivity index (χ4n) is 3.81. The molecule has 0 radical (unpaired) electrons. The number of fused-ring (bicyclic) bond motifs is 1. The van der Waals surface area contributed by atoms with E-state index in [1.165, 1.54) is 5.56 Å². The highest BCUT2D eigenvalue weighted by atomic mass is 16.5. The zero-order valence-electron chi connectivity index (χ0n) is 20.1. The van der Waals surface area contributed by atoms with E-state index >= 15 is 0 Å². The van der Waals surface area contributed by atoms with Crippen LogP contribution in [0.5, 0.6) is 11.5 Å². The summed E-state index contributed by atoms with van der Waals surface area (Å²) in [6.07, 6.45) is 4.55. The highest BCUT2D eigenvalue weighted by molar-refractivity contribution is 5.89. The molecule has 0 aliphatic carbocycles. The Labute approximate surface area is 204 Å². The lowest BCUT2D eigenvalue weighted by Gasteiger charge is -2.14. The van der Waals surface area contributed by atoms with E-state index in [-0.39, 0.29) is 12.1 Å². The number of aromatic nitrogens is 3. The van der Waals surface area contributed by atoms with Crippen molar-refractivity contribution in [3.8, 4) is 22.8 Å². The summed E-state index contributed by atoms with van der Waals surface area (Å²) in [6.45, 7) is 2.00. The SMILES string of the molecule is COc1ccc(-c2cnc3ccc(NC(=O)N[C@H](C)CCCc4ccccc4)nc3n2)cc1OC. The topological polar surface area (TPSA) is 98.3 Å². The molecule has 0 unspecified atom stereocenters. The molecule has 4 rings (SSSR count). The lowest BCUT2D eigenvalue weighted by molar-refractivity contribution is 0.248. The molecule has 0 saturated heterocycles. The first-order chi connectivity index (χ1) is 17.1. The summed E-state index contributed by atoms with van der Waals surface area (Å²) in [5.74, 6) is 1.64. The van der Waals surface area contributed by atoms with Crippen molar-refractivity contribution in [1.29, 1.82) is 0 Å². The molecule has 0 aliphatic rings. The third-order valence-corrected chi connectivity index (χ3v) is 5.65. The number of amides is 2. The molecule has 2 amide bonds. The minimum Gasteiger partial charge on any atom is -0.493 e. The number of carbonyl (C=O) groups is 1. The molecule has 4 aromatic rings. The van der Waals surface area contributed by atoms with E-state index in [1.807, 2.05) is 43.3 Å². The molecule has 180 valence electrons. The van der Waals surface area contributed by atoms with Crippen molar-refractivity contribution < 1.29 is 14.3 Å². The van der Waals surface area contributed by atoms with Crippen molar-refractivity contribution in [3.05, 3.63) is 72.4 Å². The highest BCUT2D eigenvalue weighted by Gasteiger charge is 2.11. The van der Waals surface area contributed by atoms with Gasteiger partial charge >= 0.3 is 6.03 Å². The van der Waals surface area contributed by atoms with E-state index in [9.17, 15) is 4.79 Å². The van der Waals surface area contributed by atoms with Crippen LogP contribution >= 0.6 is 0 Å². The zero-order valence-corrected chi connectivity index (χ0v) is 20.1. The van der Waals surface area contributed by atoms with Gasteiger partial charge in [0.1, 0.15) is 11.3 Å². The molecular weight excluding hydrogens is 442 g/mol. The van der Waals surface area contributed by atoms with Gasteiger partial charge in [0.25, 0.3) is 0 Å². The standard InChI is InChI=1S/C27H29N5O3/c1-18(8-7-11-19-9-5-4-6-10-19)29-27(33)32-25-15-13-21-26(31-25)30-22(17-28-21)20-12-14-23(34-2)24(16-20)35-3/h4-6,9-10,12-18H,7-8,11H2,1-3H3,(H2,29,30,31,32,33)/t18-/m1/s1. The predicted molar refractivity (Wildman–Crippen MR) is 137 cm³/mol. The second-order valence-corrected chi connectivity index (χ2v) is 8.24. The maximum Gasteiger partial charge on any atom is 0.320 e. The van der Waals surface area contributed by atoms with Crippen LogP contribution in [0.15, 0.2) is 66.9 Å². The smallest absolute Gasteiger partial charge is 0.320 e. The van der Waals surface area contributed by atoms with Gasteiger partial charge in [-0.3, -0.25) is 10.3 Å². The quantitative estimate of drug-likeness (QED) is 0.346. The summed E-state index contributed by atoms with van der Waals surface area (Å²) in [4.78, 5) is 26.1. The number of carbonyl (C=O) groups excluding carboxylic acids is 1. The van der Waals surface area contributed by atoms with Crippen molar-refractivity contribution >= 4 is 23.0 Å². The number of hydrogen-bond acceptors (Lipinski definition) is 6. The molecule has 8 heteroatoms. The molecule has 2 heterocycles. The maximum atomic E-state index is 12.5. The largest absolute Gasteiger partial charge is 0.493 e. The lowest BCUT2D eigenvalue weighted by Crippen LogP contribution is -2.36. The van der Waals surface area contributed by atoms with Gasteiger partial charge < -0.3 is 14.8 Å². The fraction of sp³-hybridized carbons (Fsp3) is 0.259. The number of aryl methyl sites for hydroxylation is 1. The zero-order chi connectivity index (χ0) is 24.6. The Hall–Kier alpha value is -4.20. The van der Waals surface area contributed by atoms with E-state index in [0.29, 0.717) is 34.2 Å². The van der Waals surface area contributed by atoms with Gasteiger partial charge in [-0.2, -0.15) is 0 Å². The minimum absolute atomic E-state index is 0.0376. The molecule has 1 atom stereocenters. The molecule has 2 N–H and O–H groups in total. The monoisotopic (exact) mass is 471 g/mol. The van der Waals surface area contributed by atoms with Crippen molar-refractivity contribution in [3.63, 3.8) is 0 Å². The van der Waals surface area contributed by atoms with E-state index in [4.69, 9.17) is 9.47 Å². The number of nitrogens with one attached hydrogen (secondary N) is 2. The predicted octanol–water partition coefficient (Wildman–Crippen LogP) is 5.24. The first kappa shape index (κ1) is 23.9. The third-order valence-electron chi connectivity index (χ3n) is 5.65. The molecular formula is C27H29N5O3. The summed E-state index contributed by atoms with van der Waals surface area (Å²) in [6, 6.07) is 19.1. The van der Waals surface area contributed by atoms with Crippen LogP contribution in [0.2, 0.25) is 0 Å². The Bertz CT molecular complexity index is 1300. The molecule has 0 saturated carbocycles. The van der Waals surface area contributed by atoms with Crippen LogP contribution in [0.1, 0.15) is 25.3 Å². The number of methoxy groups -OCH3 is 2. The molecule has 8 nitrogen and oxygen atoms in total. The maximum absolute atomic E-state index is 12.5. The first-order valence-electron chi connectivity index (χ1n) is 11.5. The second kappa shape index (κ2) is 11.3. The Morgan fingerprint density at radius 3 is 2.54 bits per heavy atom. The average Bonchev–Trinajstić information content (AvgIpc) is 2.88. The van der Waals surface area contributed by atoms with Crippen LogP contribution in [0, 0.1) is 0 Å². The fourth-order valence-corrected chi connectivity index (χ4v) is 3.81. The van der Waals surface area contributed by atoms with Crippen molar-refractivity contribution in [2.24, 2.45) is 0 Å². The van der Waals surface area contributed by atoms with Gasteiger partial charge in [0.2, 0.25) is 0 Å². The molecule has 35 heavy (non-hydrogen) atoms. The second-order valence-electron chi connectivity index (χ2n) is 8.24. The summed E-state index contributed by atoms with van der Waals surface area (Å²) >= 11 is 0. The van der Waals surface area contributed by atoms with Crippen LogP contribution in [-0.2, 0) is 6.42 Å². The molecule has 0 fully saturated rings.